The number of rotatable bonds is 5. The van der Waals surface area contributed by atoms with Crippen molar-refractivity contribution in [2.45, 2.75) is 18.9 Å². The van der Waals surface area contributed by atoms with Gasteiger partial charge in [0.15, 0.2) is 0 Å². The van der Waals surface area contributed by atoms with Crippen LogP contribution in [0.2, 0.25) is 0 Å². The van der Waals surface area contributed by atoms with Crippen molar-refractivity contribution in [1.29, 1.82) is 0 Å². The Bertz CT molecular complexity index is 282. The largest absolute Gasteiger partial charge is 0.481 e. The van der Waals surface area contributed by atoms with Gasteiger partial charge in [-0.05, 0) is 6.42 Å². The first-order chi connectivity index (χ1) is 6.24. The molecule has 5 nitrogen and oxygen atoms in total. The maximum atomic E-state index is 10.6. The zero-order valence-corrected chi connectivity index (χ0v) is 6.96. The minimum absolute atomic E-state index is 0.0123. The molecule has 1 unspecified atom stereocenters. The predicted octanol–water partition coefficient (Wildman–Crippen LogP) is 0.488. The molecule has 1 atom stereocenters. The summed E-state index contributed by atoms with van der Waals surface area (Å²) < 4.78 is 1.59. The fourth-order valence-corrected chi connectivity index (χ4v) is 1.02. The molecule has 1 heterocycles. The standard InChI is InChI=1S/C8H10N2O3/c11-5-7(1-2-8(12)13)10-4-3-9-6-10/h3-7H,1-2H2,(H,12,13). The molecule has 5 heteroatoms. The minimum atomic E-state index is -0.896. The van der Waals surface area contributed by atoms with Crippen molar-refractivity contribution in [1.82, 2.24) is 9.55 Å². The number of aromatic nitrogens is 2. The molecule has 0 saturated heterocycles. The van der Waals surface area contributed by atoms with E-state index in [-0.39, 0.29) is 6.42 Å². The van der Waals surface area contributed by atoms with Gasteiger partial charge in [0.05, 0.1) is 12.4 Å². The lowest BCUT2D eigenvalue weighted by Gasteiger charge is -2.09. The monoisotopic (exact) mass is 182 g/mol. The molecule has 0 aromatic carbocycles. The lowest BCUT2D eigenvalue weighted by molar-refractivity contribution is -0.137. The van der Waals surface area contributed by atoms with Crippen molar-refractivity contribution < 1.29 is 14.7 Å². The molecule has 0 aliphatic heterocycles. The number of nitrogens with zero attached hydrogens (tertiary/aromatic N) is 2. The van der Waals surface area contributed by atoms with Gasteiger partial charge in [-0.25, -0.2) is 4.98 Å². The van der Waals surface area contributed by atoms with Gasteiger partial charge in [-0.3, -0.25) is 4.79 Å². The normalized spacial score (nSPS) is 12.3. The van der Waals surface area contributed by atoms with E-state index in [1.165, 1.54) is 6.33 Å². The van der Waals surface area contributed by atoms with E-state index in [2.05, 4.69) is 4.98 Å². The number of hydrogen-bond donors (Lipinski definition) is 1. The van der Waals surface area contributed by atoms with Gasteiger partial charge in [0.1, 0.15) is 6.29 Å². The van der Waals surface area contributed by atoms with Crippen LogP contribution < -0.4 is 0 Å². The number of aliphatic carboxylic acids is 1. The van der Waals surface area contributed by atoms with Crippen LogP contribution in [0.5, 0.6) is 0 Å². The second kappa shape index (κ2) is 4.39. The van der Waals surface area contributed by atoms with Crippen molar-refractivity contribution in [3.63, 3.8) is 0 Å². The van der Waals surface area contributed by atoms with Gasteiger partial charge in [-0.2, -0.15) is 0 Å². The van der Waals surface area contributed by atoms with E-state index < -0.39 is 12.0 Å². The maximum absolute atomic E-state index is 10.6. The SMILES string of the molecule is O=CC(CCC(=O)O)n1ccnc1. The molecule has 1 rings (SSSR count). The smallest absolute Gasteiger partial charge is 0.303 e. The van der Waals surface area contributed by atoms with E-state index in [1.807, 2.05) is 0 Å². The highest BCUT2D eigenvalue weighted by atomic mass is 16.4. The lowest BCUT2D eigenvalue weighted by Crippen LogP contribution is -2.10. The topological polar surface area (TPSA) is 72.2 Å². The van der Waals surface area contributed by atoms with Crippen LogP contribution in [0.4, 0.5) is 0 Å². The number of carbonyl (C=O) groups excluding carboxylic acids is 1. The number of carboxylic acid groups (broad SMARTS) is 1. The molecule has 13 heavy (non-hydrogen) atoms. The van der Waals surface area contributed by atoms with Crippen molar-refractivity contribution in [3.8, 4) is 0 Å². The molecule has 0 radical (unpaired) electrons. The van der Waals surface area contributed by atoms with Gasteiger partial charge in [0, 0.05) is 18.8 Å². The molecule has 70 valence electrons. The molecule has 1 N–H and O–H groups in total. The van der Waals surface area contributed by atoms with Crippen LogP contribution in [0.25, 0.3) is 0 Å². The zero-order chi connectivity index (χ0) is 9.68. The van der Waals surface area contributed by atoms with E-state index in [9.17, 15) is 9.59 Å². The summed E-state index contributed by atoms with van der Waals surface area (Å²) in [4.78, 5) is 24.6. The summed E-state index contributed by atoms with van der Waals surface area (Å²) in [5.74, 6) is -0.896. The molecule has 1 aromatic heterocycles. The van der Waals surface area contributed by atoms with E-state index in [0.717, 1.165) is 6.29 Å². The number of carboxylic acids is 1. The molecule has 0 aliphatic rings. The summed E-state index contributed by atoms with van der Waals surface area (Å²) in [6.07, 6.45) is 5.71. The molecule has 0 amide bonds. The first kappa shape index (κ1) is 9.44. The van der Waals surface area contributed by atoms with Crippen LogP contribution in [-0.4, -0.2) is 26.9 Å². The predicted molar refractivity (Wildman–Crippen MR) is 44.2 cm³/mol. The molecule has 0 spiro atoms. The summed E-state index contributed by atoms with van der Waals surface area (Å²) in [6, 6.07) is -0.418. The quantitative estimate of drug-likeness (QED) is 0.672. The van der Waals surface area contributed by atoms with E-state index in [1.54, 1.807) is 17.0 Å². The summed E-state index contributed by atoms with van der Waals surface area (Å²) in [5, 5.41) is 8.41. The van der Waals surface area contributed by atoms with Crippen molar-refractivity contribution >= 4 is 12.3 Å². The van der Waals surface area contributed by atoms with Gasteiger partial charge in [0.25, 0.3) is 0 Å². The van der Waals surface area contributed by atoms with Gasteiger partial charge < -0.3 is 14.5 Å². The Balaban J connectivity index is 2.54. The van der Waals surface area contributed by atoms with Gasteiger partial charge in [0.2, 0.25) is 0 Å². The van der Waals surface area contributed by atoms with Crippen LogP contribution in [0.3, 0.4) is 0 Å². The Morgan fingerprint density at radius 3 is 2.92 bits per heavy atom. The van der Waals surface area contributed by atoms with Gasteiger partial charge >= 0.3 is 5.97 Å². The number of imidazole rings is 1. The average Bonchev–Trinajstić information content (AvgIpc) is 2.58. The minimum Gasteiger partial charge on any atom is -0.481 e. The fourth-order valence-electron chi connectivity index (χ4n) is 1.02. The van der Waals surface area contributed by atoms with E-state index in [4.69, 9.17) is 5.11 Å². The van der Waals surface area contributed by atoms with Crippen molar-refractivity contribution in [3.05, 3.63) is 18.7 Å². The Morgan fingerprint density at radius 1 is 1.69 bits per heavy atom. The van der Waals surface area contributed by atoms with Crippen LogP contribution >= 0.6 is 0 Å². The highest BCUT2D eigenvalue weighted by Crippen LogP contribution is 2.09. The third-order valence-electron chi connectivity index (χ3n) is 1.72. The highest BCUT2D eigenvalue weighted by Gasteiger charge is 2.10. The Labute approximate surface area is 75.0 Å². The summed E-state index contributed by atoms with van der Waals surface area (Å²) >= 11 is 0. The average molecular weight is 182 g/mol. The Hall–Kier alpha value is -1.65. The number of carbonyl (C=O) groups is 2. The molecule has 0 saturated carbocycles. The zero-order valence-electron chi connectivity index (χ0n) is 6.96. The van der Waals surface area contributed by atoms with Crippen LogP contribution in [0.15, 0.2) is 18.7 Å². The molecule has 0 fully saturated rings. The summed E-state index contributed by atoms with van der Waals surface area (Å²) in [6.45, 7) is 0. The van der Waals surface area contributed by atoms with Crippen LogP contribution in [0, 0.1) is 0 Å². The first-order valence-corrected chi connectivity index (χ1v) is 3.88. The molecule has 1 aromatic rings. The van der Waals surface area contributed by atoms with E-state index >= 15 is 0 Å². The lowest BCUT2D eigenvalue weighted by atomic mass is 10.2. The van der Waals surface area contributed by atoms with E-state index in [0.29, 0.717) is 6.42 Å². The highest BCUT2D eigenvalue weighted by molar-refractivity contribution is 5.67. The first-order valence-electron chi connectivity index (χ1n) is 3.88. The Morgan fingerprint density at radius 2 is 2.46 bits per heavy atom. The van der Waals surface area contributed by atoms with Crippen LogP contribution in [0.1, 0.15) is 18.9 Å². The molecule has 0 bridgehead atoms. The molecular formula is C8H10N2O3. The molecular weight excluding hydrogens is 172 g/mol. The number of aldehydes is 1. The van der Waals surface area contributed by atoms with Gasteiger partial charge in [-0.1, -0.05) is 0 Å². The van der Waals surface area contributed by atoms with Gasteiger partial charge in [-0.15, -0.1) is 0 Å². The second-order valence-electron chi connectivity index (χ2n) is 2.65. The second-order valence-corrected chi connectivity index (χ2v) is 2.65. The summed E-state index contributed by atoms with van der Waals surface area (Å²) in [5.41, 5.74) is 0. The van der Waals surface area contributed by atoms with Crippen molar-refractivity contribution in [2.24, 2.45) is 0 Å². The fraction of sp³-hybridized carbons (Fsp3) is 0.375. The Kier molecular flexibility index (Phi) is 3.19. The third kappa shape index (κ3) is 2.70. The maximum Gasteiger partial charge on any atom is 0.303 e. The van der Waals surface area contributed by atoms with Crippen LogP contribution in [-0.2, 0) is 9.59 Å². The molecule has 0 aliphatic carbocycles. The van der Waals surface area contributed by atoms with Crippen molar-refractivity contribution in [2.75, 3.05) is 0 Å². The third-order valence-corrected chi connectivity index (χ3v) is 1.72. The number of hydrogen-bond acceptors (Lipinski definition) is 3. The summed E-state index contributed by atoms with van der Waals surface area (Å²) in [7, 11) is 0.